The molecule has 1 aliphatic heterocycles. The van der Waals surface area contributed by atoms with Crippen LogP contribution in [0.1, 0.15) is 46.0 Å². The van der Waals surface area contributed by atoms with Crippen molar-refractivity contribution in [3.8, 4) is 0 Å². The molecule has 0 radical (unpaired) electrons. The second-order valence-corrected chi connectivity index (χ2v) is 5.41. The van der Waals surface area contributed by atoms with E-state index >= 15 is 0 Å². The van der Waals surface area contributed by atoms with E-state index < -0.39 is 11.4 Å². The molecule has 1 saturated heterocycles. The number of rotatable bonds is 5. The van der Waals surface area contributed by atoms with Crippen LogP contribution in [0.25, 0.3) is 0 Å². The maximum absolute atomic E-state index is 11.7. The van der Waals surface area contributed by atoms with Gasteiger partial charge in [0.1, 0.15) is 0 Å². The molecule has 16 heavy (non-hydrogen) atoms. The van der Waals surface area contributed by atoms with E-state index in [0.29, 0.717) is 18.9 Å². The standard InChI is InChI=1S/C13H22O3/c1-3-4-9(2)13(12(14)15)7-8-16-11(13)10-5-6-10/h9-11H,3-8H2,1-2H3,(H,14,15). The molecule has 0 aromatic carbocycles. The third-order valence-electron chi connectivity index (χ3n) is 4.37. The van der Waals surface area contributed by atoms with E-state index in [1.54, 1.807) is 0 Å². The van der Waals surface area contributed by atoms with Crippen molar-refractivity contribution in [1.29, 1.82) is 0 Å². The first-order valence-corrected chi connectivity index (χ1v) is 6.48. The number of ether oxygens (including phenoxy) is 1. The molecule has 0 amide bonds. The second kappa shape index (κ2) is 4.36. The maximum atomic E-state index is 11.7. The third kappa shape index (κ3) is 1.75. The van der Waals surface area contributed by atoms with Crippen LogP contribution in [-0.2, 0) is 9.53 Å². The van der Waals surface area contributed by atoms with E-state index in [2.05, 4.69) is 13.8 Å². The highest BCUT2D eigenvalue weighted by Crippen LogP contribution is 2.52. The zero-order valence-electron chi connectivity index (χ0n) is 10.2. The van der Waals surface area contributed by atoms with Gasteiger partial charge >= 0.3 is 5.97 Å². The second-order valence-electron chi connectivity index (χ2n) is 5.41. The molecule has 1 N–H and O–H groups in total. The first kappa shape index (κ1) is 11.9. The molecule has 92 valence electrons. The highest BCUT2D eigenvalue weighted by atomic mass is 16.5. The first-order chi connectivity index (χ1) is 7.63. The van der Waals surface area contributed by atoms with Crippen LogP contribution < -0.4 is 0 Å². The number of hydrogen-bond donors (Lipinski definition) is 1. The van der Waals surface area contributed by atoms with Crippen molar-refractivity contribution in [3.05, 3.63) is 0 Å². The van der Waals surface area contributed by atoms with E-state index in [1.807, 2.05) is 0 Å². The van der Waals surface area contributed by atoms with Crippen LogP contribution in [-0.4, -0.2) is 23.8 Å². The minimum Gasteiger partial charge on any atom is -0.481 e. The Kier molecular flexibility index (Phi) is 3.24. The van der Waals surface area contributed by atoms with Crippen molar-refractivity contribution >= 4 is 5.97 Å². The van der Waals surface area contributed by atoms with Crippen LogP contribution in [0.5, 0.6) is 0 Å². The summed E-state index contributed by atoms with van der Waals surface area (Å²) in [6, 6.07) is 0. The molecule has 1 heterocycles. The fraction of sp³-hybridized carbons (Fsp3) is 0.923. The van der Waals surface area contributed by atoms with Crippen LogP contribution in [0.15, 0.2) is 0 Å². The average molecular weight is 226 g/mol. The molecule has 2 rings (SSSR count). The van der Waals surface area contributed by atoms with Gasteiger partial charge in [-0.15, -0.1) is 0 Å². The van der Waals surface area contributed by atoms with Crippen molar-refractivity contribution < 1.29 is 14.6 Å². The van der Waals surface area contributed by atoms with Gasteiger partial charge in [0.25, 0.3) is 0 Å². The predicted molar refractivity (Wildman–Crippen MR) is 61.2 cm³/mol. The van der Waals surface area contributed by atoms with Crippen molar-refractivity contribution in [3.63, 3.8) is 0 Å². The predicted octanol–water partition coefficient (Wildman–Crippen LogP) is 2.69. The van der Waals surface area contributed by atoms with Crippen LogP contribution in [0.3, 0.4) is 0 Å². The lowest BCUT2D eigenvalue weighted by atomic mass is 9.68. The van der Waals surface area contributed by atoms with E-state index in [1.165, 1.54) is 0 Å². The lowest BCUT2D eigenvalue weighted by Crippen LogP contribution is -2.45. The van der Waals surface area contributed by atoms with Gasteiger partial charge in [0.15, 0.2) is 0 Å². The highest BCUT2D eigenvalue weighted by Gasteiger charge is 2.58. The topological polar surface area (TPSA) is 46.5 Å². The molecule has 0 bridgehead atoms. The molecule has 3 heteroatoms. The zero-order chi connectivity index (χ0) is 11.8. The molecular formula is C13H22O3. The van der Waals surface area contributed by atoms with E-state index in [-0.39, 0.29) is 12.0 Å². The van der Waals surface area contributed by atoms with Gasteiger partial charge in [0.2, 0.25) is 0 Å². The summed E-state index contributed by atoms with van der Waals surface area (Å²) in [5.41, 5.74) is -0.600. The van der Waals surface area contributed by atoms with Gasteiger partial charge in [-0.1, -0.05) is 20.3 Å². The molecule has 2 fully saturated rings. The summed E-state index contributed by atoms with van der Waals surface area (Å²) in [7, 11) is 0. The number of carbonyl (C=O) groups is 1. The smallest absolute Gasteiger partial charge is 0.312 e. The van der Waals surface area contributed by atoms with Gasteiger partial charge in [-0.2, -0.15) is 0 Å². The van der Waals surface area contributed by atoms with Crippen molar-refractivity contribution in [2.45, 2.75) is 52.1 Å². The van der Waals surface area contributed by atoms with Gasteiger partial charge in [-0.25, -0.2) is 0 Å². The maximum Gasteiger partial charge on any atom is 0.312 e. The Bertz CT molecular complexity index is 272. The molecule has 0 aromatic heterocycles. The number of carboxylic acids is 1. The molecule has 0 aromatic rings. The molecule has 1 saturated carbocycles. The SMILES string of the molecule is CCCC(C)C1(C(=O)O)CCOC1C1CC1. The summed E-state index contributed by atoms with van der Waals surface area (Å²) in [5, 5.41) is 9.63. The van der Waals surface area contributed by atoms with Crippen molar-refractivity contribution in [2.75, 3.05) is 6.61 Å². The van der Waals surface area contributed by atoms with Gasteiger partial charge in [-0.05, 0) is 37.5 Å². The van der Waals surface area contributed by atoms with Crippen LogP contribution in [0, 0.1) is 17.3 Å². The van der Waals surface area contributed by atoms with E-state index in [0.717, 1.165) is 25.7 Å². The fourth-order valence-electron chi connectivity index (χ4n) is 3.26. The third-order valence-corrected chi connectivity index (χ3v) is 4.37. The van der Waals surface area contributed by atoms with Gasteiger partial charge in [-0.3, -0.25) is 4.79 Å². The Labute approximate surface area is 97.2 Å². The Balaban J connectivity index is 2.22. The zero-order valence-corrected chi connectivity index (χ0v) is 10.2. The summed E-state index contributed by atoms with van der Waals surface area (Å²) in [4.78, 5) is 11.7. The van der Waals surface area contributed by atoms with Crippen LogP contribution in [0.4, 0.5) is 0 Å². The largest absolute Gasteiger partial charge is 0.481 e. The molecule has 1 aliphatic carbocycles. The number of aliphatic carboxylic acids is 1. The molecule has 0 spiro atoms. The molecule has 3 nitrogen and oxygen atoms in total. The van der Waals surface area contributed by atoms with Crippen LogP contribution >= 0.6 is 0 Å². The lowest BCUT2D eigenvalue weighted by Gasteiger charge is -2.35. The summed E-state index contributed by atoms with van der Waals surface area (Å²) in [6.07, 6.45) is 5.01. The Hall–Kier alpha value is -0.570. The molecule has 3 unspecified atom stereocenters. The fourth-order valence-corrected chi connectivity index (χ4v) is 3.26. The Morgan fingerprint density at radius 3 is 2.75 bits per heavy atom. The quantitative estimate of drug-likeness (QED) is 0.784. The monoisotopic (exact) mass is 226 g/mol. The van der Waals surface area contributed by atoms with E-state index in [9.17, 15) is 9.90 Å². The van der Waals surface area contributed by atoms with Crippen molar-refractivity contribution in [1.82, 2.24) is 0 Å². The van der Waals surface area contributed by atoms with E-state index in [4.69, 9.17) is 4.74 Å². The lowest BCUT2D eigenvalue weighted by molar-refractivity contribution is -0.158. The minimum atomic E-state index is -0.636. The molecular weight excluding hydrogens is 204 g/mol. The Morgan fingerprint density at radius 2 is 2.25 bits per heavy atom. The average Bonchev–Trinajstić information content (AvgIpc) is 2.97. The molecule has 3 atom stereocenters. The van der Waals surface area contributed by atoms with Gasteiger partial charge in [0, 0.05) is 6.61 Å². The van der Waals surface area contributed by atoms with Crippen LogP contribution in [0.2, 0.25) is 0 Å². The molecule has 2 aliphatic rings. The summed E-state index contributed by atoms with van der Waals surface area (Å²) >= 11 is 0. The summed E-state index contributed by atoms with van der Waals surface area (Å²) < 4.78 is 5.74. The number of carboxylic acid groups (broad SMARTS) is 1. The summed E-state index contributed by atoms with van der Waals surface area (Å²) in [6.45, 7) is 4.83. The summed E-state index contributed by atoms with van der Waals surface area (Å²) in [5.74, 6) is 0.101. The number of hydrogen-bond acceptors (Lipinski definition) is 2. The first-order valence-electron chi connectivity index (χ1n) is 6.48. The normalized spacial score (nSPS) is 36.2. The minimum absolute atomic E-state index is 0.0217. The van der Waals surface area contributed by atoms with Crippen molar-refractivity contribution in [2.24, 2.45) is 17.3 Å². The Morgan fingerprint density at radius 1 is 1.56 bits per heavy atom. The van der Waals surface area contributed by atoms with Gasteiger partial charge in [0.05, 0.1) is 11.5 Å². The van der Waals surface area contributed by atoms with Gasteiger partial charge < -0.3 is 9.84 Å². The highest BCUT2D eigenvalue weighted by molar-refractivity contribution is 5.76.